The number of pyridine rings is 1. The van der Waals surface area contributed by atoms with Crippen LogP contribution >= 0.6 is 0 Å². The minimum Gasteiger partial charge on any atom is -0.366 e. The van der Waals surface area contributed by atoms with Crippen LogP contribution in [0.2, 0.25) is 0 Å². The number of aromatic nitrogens is 1. The van der Waals surface area contributed by atoms with E-state index < -0.39 is 5.41 Å². The average Bonchev–Trinajstić information content (AvgIpc) is 2.47. The summed E-state index contributed by atoms with van der Waals surface area (Å²) in [5.74, 6) is 0.389. The van der Waals surface area contributed by atoms with Crippen molar-refractivity contribution in [2.75, 3.05) is 10.6 Å². The van der Waals surface area contributed by atoms with Crippen molar-refractivity contribution in [2.45, 2.75) is 27.3 Å². The fourth-order valence-corrected chi connectivity index (χ4v) is 1.69. The summed E-state index contributed by atoms with van der Waals surface area (Å²) in [5.41, 5.74) is 1.18. The van der Waals surface area contributed by atoms with Gasteiger partial charge in [-0.25, -0.2) is 9.37 Å². The van der Waals surface area contributed by atoms with Crippen molar-refractivity contribution in [3.63, 3.8) is 0 Å². The number of halogens is 1. The van der Waals surface area contributed by atoms with Crippen LogP contribution in [0.3, 0.4) is 0 Å². The summed E-state index contributed by atoms with van der Waals surface area (Å²) < 4.78 is 12.8. The molecule has 1 heterocycles. The van der Waals surface area contributed by atoms with Gasteiger partial charge < -0.3 is 10.6 Å². The van der Waals surface area contributed by atoms with Crippen LogP contribution in [-0.2, 0) is 11.3 Å². The Hall–Kier alpha value is -2.43. The number of nitrogens with one attached hydrogen (secondary N) is 2. The van der Waals surface area contributed by atoms with E-state index in [9.17, 15) is 9.18 Å². The van der Waals surface area contributed by atoms with Crippen molar-refractivity contribution in [3.8, 4) is 0 Å². The molecule has 0 aliphatic carbocycles. The smallest absolute Gasteiger partial charge is 0.229 e. The maximum atomic E-state index is 12.8. The van der Waals surface area contributed by atoms with Gasteiger partial charge in [0.25, 0.3) is 0 Å². The zero-order valence-electron chi connectivity index (χ0n) is 13.0. The van der Waals surface area contributed by atoms with E-state index in [1.54, 1.807) is 30.5 Å². The predicted octanol–water partition coefficient (Wildman–Crippen LogP) is 3.82. The standard InChI is InChI=1S/C17H20FN3O/c1-17(2,3)16(22)21-14-8-9-15(20-11-14)19-10-12-4-6-13(18)7-5-12/h4-9,11H,10H2,1-3H3,(H,19,20)(H,21,22). The van der Waals surface area contributed by atoms with E-state index in [1.807, 2.05) is 20.8 Å². The highest BCUT2D eigenvalue weighted by molar-refractivity contribution is 5.94. The number of nitrogens with zero attached hydrogens (tertiary/aromatic N) is 1. The van der Waals surface area contributed by atoms with E-state index in [4.69, 9.17) is 0 Å². The molecule has 0 fully saturated rings. The molecule has 4 nitrogen and oxygen atoms in total. The van der Waals surface area contributed by atoms with E-state index in [-0.39, 0.29) is 11.7 Å². The summed E-state index contributed by atoms with van der Waals surface area (Å²) >= 11 is 0. The van der Waals surface area contributed by atoms with Crippen LogP contribution in [0.4, 0.5) is 15.9 Å². The van der Waals surface area contributed by atoms with Gasteiger partial charge in [-0.1, -0.05) is 32.9 Å². The highest BCUT2D eigenvalue weighted by Gasteiger charge is 2.21. The monoisotopic (exact) mass is 301 g/mol. The quantitative estimate of drug-likeness (QED) is 0.902. The molecule has 0 bridgehead atoms. The van der Waals surface area contributed by atoms with Crippen LogP contribution in [-0.4, -0.2) is 10.9 Å². The molecule has 0 unspecified atom stereocenters. The molecule has 2 N–H and O–H groups in total. The minimum absolute atomic E-state index is 0.0543. The fraction of sp³-hybridized carbons (Fsp3) is 0.294. The SMILES string of the molecule is CC(C)(C)C(=O)Nc1ccc(NCc2ccc(F)cc2)nc1. The summed E-state index contributed by atoms with van der Waals surface area (Å²) in [4.78, 5) is 16.1. The molecule has 116 valence electrons. The van der Waals surface area contributed by atoms with Gasteiger partial charge in [0.2, 0.25) is 5.91 Å². The van der Waals surface area contributed by atoms with Crippen molar-refractivity contribution in [1.82, 2.24) is 4.98 Å². The highest BCUT2D eigenvalue weighted by Crippen LogP contribution is 2.17. The molecule has 0 saturated carbocycles. The summed E-state index contributed by atoms with van der Waals surface area (Å²) in [6.45, 7) is 6.12. The summed E-state index contributed by atoms with van der Waals surface area (Å²) in [6, 6.07) is 9.89. The van der Waals surface area contributed by atoms with Gasteiger partial charge in [0.1, 0.15) is 11.6 Å². The third-order valence-corrected chi connectivity index (χ3v) is 3.09. The lowest BCUT2D eigenvalue weighted by Crippen LogP contribution is -2.27. The van der Waals surface area contributed by atoms with Crippen molar-refractivity contribution in [2.24, 2.45) is 5.41 Å². The van der Waals surface area contributed by atoms with Crippen molar-refractivity contribution >= 4 is 17.4 Å². The van der Waals surface area contributed by atoms with Gasteiger partial charge in [0.15, 0.2) is 0 Å². The molecule has 2 rings (SSSR count). The molecule has 22 heavy (non-hydrogen) atoms. The van der Waals surface area contributed by atoms with E-state index >= 15 is 0 Å². The van der Waals surface area contributed by atoms with E-state index in [2.05, 4.69) is 15.6 Å². The summed E-state index contributed by atoms with van der Waals surface area (Å²) in [5, 5.41) is 5.96. The van der Waals surface area contributed by atoms with Gasteiger partial charge in [-0.15, -0.1) is 0 Å². The van der Waals surface area contributed by atoms with Gasteiger partial charge in [0.05, 0.1) is 11.9 Å². The molecule has 2 aromatic rings. The molecule has 1 amide bonds. The lowest BCUT2D eigenvalue weighted by molar-refractivity contribution is -0.123. The number of carbonyl (C=O) groups excluding carboxylic acids is 1. The largest absolute Gasteiger partial charge is 0.366 e. The van der Waals surface area contributed by atoms with Crippen LogP contribution in [0.1, 0.15) is 26.3 Å². The van der Waals surface area contributed by atoms with E-state index in [1.165, 1.54) is 12.1 Å². The number of benzene rings is 1. The molecule has 0 spiro atoms. The van der Waals surface area contributed by atoms with Crippen molar-refractivity contribution in [1.29, 1.82) is 0 Å². The summed E-state index contributed by atoms with van der Waals surface area (Å²) in [6.07, 6.45) is 1.61. The molecule has 1 aromatic carbocycles. The molecule has 0 aliphatic rings. The Morgan fingerprint density at radius 1 is 1.14 bits per heavy atom. The predicted molar refractivity (Wildman–Crippen MR) is 86.0 cm³/mol. The highest BCUT2D eigenvalue weighted by atomic mass is 19.1. The van der Waals surface area contributed by atoms with E-state index in [0.29, 0.717) is 18.1 Å². The molecule has 0 radical (unpaired) electrons. The van der Waals surface area contributed by atoms with Crippen LogP contribution in [0, 0.1) is 11.2 Å². The normalized spacial score (nSPS) is 11.1. The third-order valence-electron chi connectivity index (χ3n) is 3.09. The lowest BCUT2D eigenvalue weighted by atomic mass is 9.96. The molecule has 1 aromatic heterocycles. The minimum atomic E-state index is -0.445. The van der Waals surface area contributed by atoms with Gasteiger partial charge in [-0.2, -0.15) is 0 Å². The first-order valence-electron chi connectivity index (χ1n) is 7.10. The van der Waals surface area contributed by atoms with Crippen molar-refractivity contribution < 1.29 is 9.18 Å². The number of rotatable bonds is 4. The number of amides is 1. The zero-order chi connectivity index (χ0) is 16.2. The summed E-state index contributed by atoms with van der Waals surface area (Å²) in [7, 11) is 0. The Morgan fingerprint density at radius 2 is 1.82 bits per heavy atom. The molecule has 0 aliphatic heterocycles. The topological polar surface area (TPSA) is 54.0 Å². The number of hydrogen-bond donors (Lipinski definition) is 2. The third kappa shape index (κ3) is 4.55. The molecule has 0 saturated heterocycles. The molecular formula is C17H20FN3O. The zero-order valence-corrected chi connectivity index (χ0v) is 13.0. The molecule has 5 heteroatoms. The first-order chi connectivity index (χ1) is 10.3. The van der Waals surface area contributed by atoms with Crippen LogP contribution < -0.4 is 10.6 Å². The number of carbonyl (C=O) groups is 1. The maximum Gasteiger partial charge on any atom is 0.229 e. The number of hydrogen-bond acceptors (Lipinski definition) is 3. The Labute approximate surface area is 129 Å². The second-order valence-electron chi connectivity index (χ2n) is 6.12. The maximum absolute atomic E-state index is 12.8. The first-order valence-corrected chi connectivity index (χ1v) is 7.10. The second kappa shape index (κ2) is 6.56. The average molecular weight is 301 g/mol. The fourth-order valence-electron chi connectivity index (χ4n) is 1.69. The Kier molecular flexibility index (Phi) is 4.75. The van der Waals surface area contributed by atoms with Crippen molar-refractivity contribution in [3.05, 3.63) is 54.0 Å². The van der Waals surface area contributed by atoms with Gasteiger partial charge >= 0.3 is 0 Å². The van der Waals surface area contributed by atoms with Gasteiger partial charge in [-0.3, -0.25) is 4.79 Å². The molecular weight excluding hydrogens is 281 g/mol. The number of anilines is 2. The Balaban J connectivity index is 1.92. The van der Waals surface area contributed by atoms with Crippen LogP contribution in [0.25, 0.3) is 0 Å². The lowest BCUT2D eigenvalue weighted by Gasteiger charge is -2.17. The van der Waals surface area contributed by atoms with Crippen LogP contribution in [0.5, 0.6) is 0 Å². The first kappa shape index (κ1) is 15.9. The van der Waals surface area contributed by atoms with Crippen LogP contribution in [0.15, 0.2) is 42.6 Å². The van der Waals surface area contributed by atoms with E-state index in [0.717, 1.165) is 5.56 Å². The van der Waals surface area contributed by atoms with Gasteiger partial charge in [-0.05, 0) is 29.8 Å². The Bertz CT molecular complexity index is 630. The Morgan fingerprint density at radius 3 is 2.36 bits per heavy atom. The van der Waals surface area contributed by atoms with Gasteiger partial charge in [0, 0.05) is 12.0 Å². The second-order valence-corrected chi connectivity index (χ2v) is 6.12. The molecule has 0 atom stereocenters.